The van der Waals surface area contributed by atoms with Crippen LogP contribution >= 0.6 is 23.1 Å². The highest BCUT2D eigenvalue weighted by Crippen LogP contribution is 2.55. The van der Waals surface area contributed by atoms with Gasteiger partial charge in [0.1, 0.15) is 0 Å². The summed E-state index contributed by atoms with van der Waals surface area (Å²) < 4.78 is 0.880. The number of rotatable bonds is 10. The number of amides is 1. The summed E-state index contributed by atoms with van der Waals surface area (Å²) in [5.41, 5.74) is 0.107. The molecule has 1 aromatic rings. The van der Waals surface area contributed by atoms with Gasteiger partial charge in [0.2, 0.25) is 11.0 Å². The highest BCUT2D eigenvalue weighted by Gasteiger charge is 2.51. The molecule has 0 aromatic carbocycles. The van der Waals surface area contributed by atoms with E-state index < -0.39 is 0 Å². The van der Waals surface area contributed by atoms with Crippen molar-refractivity contribution < 1.29 is 4.79 Å². The van der Waals surface area contributed by atoms with Gasteiger partial charge in [0, 0.05) is 12.1 Å². The minimum atomic E-state index is 0.107. The average molecular weight is 423 g/mol. The van der Waals surface area contributed by atoms with Crippen LogP contribution in [0.25, 0.3) is 0 Å². The molecule has 156 valence electrons. The Balaban J connectivity index is 1.19. The van der Waals surface area contributed by atoms with E-state index in [1.807, 2.05) is 0 Å². The molecule has 4 fully saturated rings. The van der Waals surface area contributed by atoms with Gasteiger partial charge in [0.15, 0.2) is 4.34 Å². The van der Waals surface area contributed by atoms with Crippen LogP contribution in [0.15, 0.2) is 4.34 Å². The third-order valence-electron chi connectivity index (χ3n) is 7.02. The van der Waals surface area contributed by atoms with E-state index in [0.29, 0.717) is 5.75 Å². The Morgan fingerprint density at radius 1 is 1.21 bits per heavy atom. The number of carbonyl (C=O) groups is 1. The van der Waals surface area contributed by atoms with E-state index >= 15 is 0 Å². The van der Waals surface area contributed by atoms with Gasteiger partial charge < -0.3 is 10.6 Å². The lowest BCUT2D eigenvalue weighted by atomic mass is 9.53. The monoisotopic (exact) mass is 422 g/mol. The molecule has 5 rings (SSSR count). The summed E-state index contributed by atoms with van der Waals surface area (Å²) in [6.45, 7) is 5.48. The maximum Gasteiger partial charge on any atom is 0.230 e. The topological polar surface area (TPSA) is 66.9 Å². The van der Waals surface area contributed by atoms with Gasteiger partial charge in [-0.2, -0.15) is 0 Å². The SMILES string of the molecule is CCC(C)CCCNc1nnc(SCC(=O)NC23CC4CC(CC(C4)C2)C3)s1. The van der Waals surface area contributed by atoms with Crippen molar-refractivity contribution in [1.29, 1.82) is 0 Å². The molecule has 0 saturated heterocycles. The zero-order valence-corrected chi connectivity index (χ0v) is 18.8. The molecule has 2 N–H and O–H groups in total. The van der Waals surface area contributed by atoms with E-state index in [1.54, 1.807) is 11.3 Å². The van der Waals surface area contributed by atoms with E-state index in [-0.39, 0.29) is 11.4 Å². The lowest BCUT2D eigenvalue weighted by molar-refractivity contribution is -0.124. The van der Waals surface area contributed by atoms with Crippen LogP contribution in [0.1, 0.15) is 71.6 Å². The van der Waals surface area contributed by atoms with Gasteiger partial charge >= 0.3 is 0 Å². The first-order valence-corrected chi connectivity index (χ1v) is 12.8. The maximum absolute atomic E-state index is 12.6. The van der Waals surface area contributed by atoms with Gasteiger partial charge in [-0.1, -0.05) is 43.4 Å². The van der Waals surface area contributed by atoms with Crippen molar-refractivity contribution in [3.05, 3.63) is 0 Å². The van der Waals surface area contributed by atoms with Crippen LogP contribution in [-0.2, 0) is 4.79 Å². The number of thioether (sulfide) groups is 1. The molecule has 28 heavy (non-hydrogen) atoms. The van der Waals surface area contributed by atoms with Gasteiger partial charge in [0.05, 0.1) is 5.75 Å². The molecule has 1 amide bonds. The summed E-state index contributed by atoms with van der Waals surface area (Å²) in [7, 11) is 0. The van der Waals surface area contributed by atoms with Crippen molar-refractivity contribution in [2.75, 3.05) is 17.6 Å². The van der Waals surface area contributed by atoms with E-state index in [4.69, 9.17) is 0 Å². The first kappa shape index (κ1) is 20.5. The lowest BCUT2D eigenvalue weighted by Gasteiger charge is -2.56. The van der Waals surface area contributed by atoms with E-state index in [9.17, 15) is 4.79 Å². The molecule has 1 unspecified atom stereocenters. The Morgan fingerprint density at radius 3 is 2.54 bits per heavy atom. The van der Waals surface area contributed by atoms with Crippen LogP contribution in [0.5, 0.6) is 0 Å². The molecule has 4 aliphatic rings. The second-order valence-corrected chi connectivity index (χ2v) is 11.7. The van der Waals surface area contributed by atoms with Gasteiger partial charge in [-0.25, -0.2) is 0 Å². The lowest BCUT2D eigenvalue weighted by Crippen LogP contribution is -2.60. The van der Waals surface area contributed by atoms with Crippen LogP contribution in [-0.4, -0.2) is 33.9 Å². The second-order valence-electron chi connectivity index (χ2n) is 9.49. The van der Waals surface area contributed by atoms with Crippen molar-refractivity contribution in [2.45, 2.75) is 81.5 Å². The standard InChI is InChI=1S/C21H34N4OS2/c1-3-14(2)5-4-6-22-19-24-25-20(28-19)27-13-18(26)23-21-10-15-7-16(11-21)9-17(8-15)12-21/h14-17H,3-13H2,1-2H3,(H,22,24)(H,23,26). The van der Waals surface area contributed by atoms with Crippen LogP contribution in [0.3, 0.4) is 0 Å². The molecule has 0 spiro atoms. The van der Waals surface area contributed by atoms with Gasteiger partial charge in [0.25, 0.3) is 0 Å². The van der Waals surface area contributed by atoms with Crippen LogP contribution < -0.4 is 10.6 Å². The van der Waals surface area contributed by atoms with Gasteiger partial charge in [-0.05, 0) is 75.0 Å². The van der Waals surface area contributed by atoms with Crippen molar-refractivity contribution in [1.82, 2.24) is 15.5 Å². The molecule has 1 aromatic heterocycles. The quantitative estimate of drug-likeness (QED) is 0.412. The normalized spacial score (nSPS) is 31.7. The summed E-state index contributed by atoms with van der Waals surface area (Å²) in [5, 5.41) is 16.1. The molecule has 4 bridgehead atoms. The van der Waals surface area contributed by atoms with Crippen molar-refractivity contribution >= 4 is 34.1 Å². The molecule has 5 nitrogen and oxygen atoms in total. The molecule has 7 heteroatoms. The summed E-state index contributed by atoms with van der Waals surface area (Å²) >= 11 is 3.08. The molecule has 4 aliphatic carbocycles. The summed E-state index contributed by atoms with van der Waals surface area (Å²) in [5.74, 6) is 3.98. The summed E-state index contributed by atoms with van der Waals surface area (Å²) in [4.78, 5) is 12.6. The molecule has 4 saturated carbocycles. The van der Waals surface area contributed by atoms with Crippen LogP contribution in [0.2, 0.25) is 0 Å². The number of hydrogen-bond donors (Lipinski definition) is 2. The predicted molar refractivity (Wildman–Crippen MR) is 117 cm³/mol. The number of aromatic nitrogens is 2. The Bertz CT molecular complexity index is 642. The maximum atomic E-state index is 12.6. The Labute approximate surface area is 177 Å². The third-order valence-corrected chi connectivity index (χ3v) is 9.04. The highest BCUT2D eigenvalue weighted by atomic mass is 32.2. The minimum Gasteiger partial charge on any atom is -0.360 e. The molecule has 0 radical (unpaired) electrons. The number of nitrogens with zero attached hydrogens (tertiary/aromatic N) is 2. The first-order valence-electron chi connectivity index (χ1n) is 11.0. The number of hydrogen-bond acceptors (Lipinski definition) is 6. The predicted octanol–water partition coefficient (Wildman–Crippen LogP) is 4.95. The zero-order chi connectivity index (χ0) is 19.6. The number of carbonyl (C=O) groups excluding carboxylic acids is 1. The fraction of sp³-hybridized carbons (Fsp3) is 0.857. The third kappa shape index (κ3) is 5.02. The summed E-state index contributed by atoms with van der Waals surface area (Å²) in [6, 6.07) is 0. The number of anilines is 1. The Hall–Kier alpha value is -0.820. The Kier molecular flexibility index (Phi) is 6.50. The average Bonchev–Trinajstić information content (AvgIpc) is 3.09. The molecular formula is C21H34N4OS2. The van der Waals surface area contributed by atoms with Gasteiger partial charge in [-0.15, -0.1) is 10.2 Å². The summed E-state index contributed by atoms with van der Waals surface area (Å²) in [6.07, 6.45) is 11.5. The molecule has 0 aliphatic heterocycles. The number of nitrogens with one attached hydrogen (secondary N) is 2. The first-order chi connectivity index (χ1) is 13.5. The molecule has 1 atom stereocenters. The van der Waals surface area contributed by atoms with Crippen LogP contribution in [0.4, 0.5) is 5.13 Å². The van der Waals surface area contributed by atoms with Crippen molar-refractivity contribution in [3.8, 4) is 0 Å². The highest BCUT2D eigenvalue weighted by molar-refractivity contribution is 8.01. The van der Waals surface area contributed by atoms with E-state index in [1.165, 1.54) is 63.1 Å². The van der Waals surface area contributed by atoms with Crippen molar-refractivity contribution in [2.24, 2.45) is 23.7 Å². The Morgan fingerprint density at radius 2 is 1.89 bits per heavy atom. The molecular weight excluding hydrogens is 388 g/mol. The smallest absolute Gasteiger partial charge is 0.230 e. The van der Waals surface area contributed by atoms with E-state index in [0.717, 1.165) is 46.1 Å². The van der Waals surface area contributed by atoms with Gasteiger partial charge in [-0.3, -0.25) is 4.79 Å². The fourth-order valence-corrected chi connectivity index (χ4v) is 7.49. The largest absolute Gasteiger partial charge is 0.360 e. The van der Waals surface area contributed by atoms with Crippen LogP contribution in [0, 0.1) is 23.7 Å². The minimum absolute atomic E-state index is 0.107. The van der Waals surface area contributed by atoms with E-state index in [2.05, 4.69) is 34.7 Å². The fourth-order valence-electron chi connectivity index (χ4n) is 5.91. The molecule has 1 heterocycles. The zero-order valence-electron chi connectivity index (χ0n) is 17.2. The second kappa shape index (κ2) is 8.90. The van der Waals surface area contributed by atoms with Crippen molar-refractivity contribution in [3.63, 3.8) is 0 Å².